The van der Waals surface area contributed by atoms with E-state index in [1.807, 2.05) is 30.3 Å². The van der Waals surface area contributed by atoms with E-state index in [0.717, 1.165) is 30.0 Å². The summed E-state index contributed by atoms with van der Waals surface area (Å²) < 4.78 is 0. The standard InChI is InChI=1S/C19H19N5O/c25-19(15-6-3-5-14(11-15)18-20-13-21-23-18)22-16-7-4-8-17(12-16)24-9-1-2-10-24/h3-8,11-13H,1-2,9-10H2,(H,22,25)(H,20,21,23). The van der Waals surface area contributed by atoms with Crippen LogP contribution in [-0.4, -0.2) is 34.2 Å². The van der Waals surface area contributed by atoms with E-state index >= 15 is 0 Å². The van der Waals surface area contributed by atoms with Gasteiger partial charge in [-0.15, -0.1) is 0 Å². The van der Waals surface area contributed by atoms with E-state index in [0.29, 0.717) is 11.4 Å². The van der Waals surface area contributed by atoms with E-state index in [4.69, 9.17) is 0 Å². The summed E-state index contributed by atoms with van der Waals surface area (Å²) in [4.78, 5) is 19.1. The summed E-state index contributed by atoms with van der Waals surface area (Å²) in [7, 11) is 0. The maximum absolute atomic E-state index is 12.6. The number of hydrogen-bond donors (Lipinski definition) is 2. The third kappa shape index (κ3) is 3.38. The fourth-order valence-corrected chi connectivity index (χ4v) is 3.11. The van der Waals surface area contributed by atoms with Crippen molar-refractivity contribution in [3.8, 4) is 11.4 Å². The van der Waals surface area contributed by atoms with Crippen LogP contribution in [0.25, 0.3) is 11.4 Å². The second kappa shape index (κ2) is 6.76. The molecule has 0 aliphatic carbocycles. The largest absolute Gasteiger partial charge is 0.371 e. The molecule has 1 aliphatic rings. The summed E-state index contributed by atoms with van der Waals surface area (Å²) in [5, 5.41) is 9.64. The highest BCUT2D eigenvalue weighted by Gasteiger charge is 2.13. The number of hydrogen-bond acceptors (Lipinski definition) is 4. The van der Waals surface area contributed by atoms with Gasteiger partial charge in [-0.2, -0.15) is 5.10 Å². The lowest BCUT2D eigenvalue weighted by molar-refractivity contribution is 0.102. The number of benzene rings is 2. The SMILES string of the molecule is O=C(Nc1cccc(N2CCCC2)c1)c1cccc(-c2ncn[nH]2)c1. The van der Waals surface area contributed by atoms with Crippen molar-refractivity contribution in [2.45, 2.75) is 12.8 Å². The van der Waals surface area contributed by atoms with E-state index in [1.165, 1.54) is 19.2 Å². The number of rotatable bonds is 4. The van der Waals surface area contributed by atoms with Gasteiger partial charge in [0.2, 0.25) is 0 Å². The molecule has 0 radical (unpaired) electrons. The summed E-state index contributed by atoms with van der Waals surface area (Å²) >= 11 is 0. The lowest BCUT2D eigenvalue weighted by Gasteiger charge is -2.18. The van der Waals surface area contributed by atoms with Crippen LogP contribution >= 0.6 is 0 Å². The van der Waals surface area contributed by atoms with Crippen molar-refractivity contribution >= 4 is 17.3 Å². The van der Waals surface area contributed by atoms with E-state index < -0.39 is 0 Å². The predicted molar refractivity (Wildman–Crippen MR) is 97.7 cm³/mol. The zero-order chi connectivity index (χ0) is 17.1. The highest BCUT2D eigenvalue weighted by molar-refractivity contribution is 6.05. The number of H-pyrrole nitrogens is 1. The van der Waals surface area contributed by atoms with Gasteiger partial charge in [0.1, 0.15) is 6.33 Å². The second-order valence-electron chi connectivity index (χ2n) is 6.11. The van der Waals surface area contributed by atoms with Crippen molar-refractivity contribution in [1.82, 2.24) is 15.2 Å². The number of nitrogens with one attached hydrogen (secondary N) is 2. The zero-order valence-electron chi connectivity index (χ0n) is 13.8. The Balaban J connectivity index is 1.52. The smallest absolute Gasteiger partial charge is 0.255 e. The molecule has 6 nitrogen and oxygen atoms in total. The fraction of sp³-hybridized carbons (Fsp3) is 0.211. The first kappa shape index (κ1) is 15.4. The minimum Gasteiger partial charge on any atom is -0.371 e. The Hall–Kier alpha value is -3.15. The molecule has 1 saturated heterocycles. The summed E-state index contributed by atoms with van der Waals surface area (Å²) in [6, 6.07) is 15.3. The van der Waals surface area contributed by atoms with Gasteiger partial charge in [0.25, 0.3) is 5.91 Å². The predicted octanol–water partition coefficient (Wildman–Crippen LogP) is 3.32. The van der Waals surface area contributed by atoms with Gasteiger partial charge in [-0.05, 0) is 43.2 Å². The molecule has 1 aliphatic heterocycles. The van der Waals surface area contributed by atoms with Crippen molar-refractivity contribution in [2.75, 3.05) is 23.3 Å². The molecule has 6 heteroatoms. The molecule has 2 aromatic carbocycles. The number of aromatic nitrogens is 3. The van der Waals surface area contributed by atoms with Crippen LogP contribution in [0.5, 0.6) is 0 Å². The van der Waals surface area contributed by atoms with Crippen LogP contribution in [0.3, 0.4) is 0 Å². The molecule has 25 heavy (non-hydrogen) atoms. The molecule has 2 N–H and O–H groups in total. The van der Waals surface area contributed by atoms with E-state index in [2.05, 4.69) is 31.5 Å². The van der Waals surface area contributed by atoms with Gasteiger partial charge in [0, 0.05) is 35.6 Å². The zero-order valence-corrected chi connectivity index (χ0v) is 13.8. The van der Waals surface area contributed by atoms with Crippen molar-refractivity contribution in [1.29, 1.82) is 0 Å². The third-order valence-electron chi connectivity index (χ3n) is 4.39. The highest BCUT2D eigenvalue weighted by Crippen LogP contribution is 2.24. The van der Waals surface area contributed by atoms with Gasteiger partial charge < -0.3 is 10.2 Å². The lowest BCUT2D eigenvalue weighted by Crippen LogP contribution is -2.18. The monoisotopic (exact) mass is 333 g/mol. The van der Waals surface area contributed by atoms with Crippen LogP contribution in [0, 0.1) is 0 Å². The van der Waals surface area contributed by atoms with E-state index in [-0.39, 0.29) is 5.91 Å². The van der Waals surface area contributed by atoms with Crippen LogP contribution in [-0.2, 0) is 0 Å². The minimum atomic E-state index is -0.139. The molecular weight excluding hydrogens is 314 g/mol. The van der Waals surface area contributed by atoms with E-state index in [1.54, 1.807) is 12.1 Å². The summed E-state index contributed by atoms with van der Waals surface area (Å²) in [6.45, 7) is 2.16. The molecule has 1 fully saturated rings. The molecule has 1 amide bonds. The Morgan fingerprint density at radius 2 is 1.92 bits per heavy atom. The molecule has 2 heterocycles. The quantitative estimate of drug-likeness (QED) is 0.768. The Morgan fingerprint density at radius 1 is 1.08 bits per heavy atom. The molecule has 4 rings (SSSR count). The average Bonchev–Trinajstić information content (AvgIpc) is 3.36. The second-order valence-corrected chi connectivity index (χ2v) is 6.11. The lowest BCUT2D eigenvalue weighted by atomic mass is 10.1. The highest BCUT2D eigenvalue weighted by atomic mass is 16.1. The summed E-state index contributed by atoms with van der Waals surface area (Å²) in [5.41, 5.74) is 3.38. The van der Waals surface area contributed by atoms with Crippen molar-refractivity contribution in [3.05, 3.63) is 60.4 Å². The van der Waals surface area contributed by atoms with Crippen molar-refractivity contribution < 1.29 is 4.79 Å². The number of nitrogens with zero attached hydrogens (tertiary/aromatic N) is 3. The van der Waals surface area contributed by atoms with Crippen molar-refractivity contribution in [3.63, 3.8) is 0 Å². The van der Waals surface area contributed by atoms with Gasteiger partial charge in [-0.1, -0.05) is 18.2 Å². The maximum Gasteiger partial charge on any atom is 0.255 e. The Labute approximate surface area is 145 Å². The number of carbonyl (C=O) groups excluding carboxylic acids is 1. The molecule has 0 atom stereocenters. The topological polar surface area (TPSA) is 73.9 Å². The summed E-state index contributed by atoms with van der Waals surface area (Å²) in [6.07, 6.45) is 3.90. The number of anilines is 2. The molecular formula is C19H19N5O. The van der Waals surface area contributed by atoms with Crippen molar-refractivity contribution in [2.24, 2.45) is 0 Å². The molecule has 0 spiro atoms. The van der Waals surface area contributed by atoms with Crippen LogP contribution in [0.2, 0.25) is 0 Å². The first-order valence-electron chi connectivity index (χ1n) is 8.42. The van der Waals surface area contributed by atoms with Crippen LogP contribution in [0.4, 0.5) is 11.4 Å². The van der Waals surface area contributed by atoms with E-state index in [9.17, 15) is 4.79 Å². The molecule has 126 valence electrons. The molecule has 3 aromatic rings. The first-order chi connectivity index (χ1) is 12.3. The maximum atomic E-state index is 12.6. The Bertz CT molecular complexity index is 869. The number of carbonyl (C=O) groups is 1. The van der Waals surface area contributed by atoms with Crippen LogP contribution in [0.1, 0.15) is 23.2 Å². The summed E-state index contributed by atoms with van der Waals surface area (Å²) in [5.74, 6) is 0.505. The molecule has 1 aromatic heterocycles. The molecule has 0 saturated carbocycles. The first-order valence-corrected chi connectivity index (χ1v) is 8.42. The van der Waals surface area contributed by atoms with Crippen LogP contribution < -0.4 is 10.2 Å². The Morgan fingerprint density at radius 3 is 2.72 bits per heavy atom. The van der Waals surface area contributed by atoms with Gasteiger partial charge >= 0.3 is 0 Å². The minimum absolute atomic E-state index is 0.139. The third-order valence-corrected chi connectivity index (χ3v) is 4.39. The van der Waals surface area contributed by atoms with Gasteiger partial charge in [0.05, 0.1) is 0 Å². The fourth-order valence-electron chi connectivity index (χ4n) is 3.11. The average molecular weight is 333 g/mol. The number of amides is 1. The number of aromatic amines is 1. The Kier molecular flexibility index (Phi) is 4.16. The normalized spacial score (nSPS) is 13.8. The van der Waals surface area contributed by atoms with Gasteiger partial charge in [-0.25, -0.2) is 4.98 Å². The molecule has 0 bridgehead atoms. The van der Waals surface area contributed by atoms with Gasteiger partial charge in [0.15, 0.2) is 5.82 Å². The molecule has 0 unspecified atom stereocenters. The van der Waals surface area contributed by atoms with Crippen LogP contribution in [0.15, 0.2) is 54.9 Å². The van der Waals surface area contributed by atoms with Gasteiger partial charge in [-0.3, -0.25) is 9.89 Å².